The number of hydrogen-bond donors (Lipinski definition) is 2. The van der Waals surface area contributed by atoms with Crippen LogP contribution in [0.3, 0.4) is 0 Å². The number of carbonyl (C=O) groups excluding carboxylic acids is 1. The number of esters is 1. The molecule has 1 fully saturated rings. The predicted molar refractivity (Wildman–Crippen MR) is 122 cm³/mol. The summed E-state index contributed by atoms with van der Waals surface area (Å²) < 4.78 is 47.4. The molecular formula is C22H22ClF3N4O3S. The second kappa shape index (κ2) is 10.0. The maximum Gasteiger partial charge on any atom is 0.338 e. The second-order valence-electron chi connectivity index (χ2n) is 7.90. The molecule has 2 aliphatic heterocycles. The monoisotopic (exact) mass is 514 g/mol. The Labute approximate surface area is 202 Å². The summed E-state index contributed by atoms with van der Waals surface area (Å²) in [6, 6.07) is 2.78. The zero-order chi connectivity index (χ0) is 24.5. The molecule has 182 valence electrons. The van der Waals surface area contributed by atoms with Crippen molar-refractivity contribution in [2.24, 2.45) is 4.99 Å². The lowest BCUT2D eigenvalue weighted by Gasteiger charge is -2.37. The van der Waals surface area contributed by atoms with Crippen LogP contribution in [0.25, 0.3) is 0 Å². The van der Waals surface area contributed by atoms with Gasteiger partial charge in [-0.3, -0.25) is 9.89 Å². The average Bonchev–Trinajstić information content (AvgIpc) is 3.31. The lowest BCUT2D eigenvalue weighted by atomic mass is 9.94. The van der Waals surface area contributed by atoms with Gasteiger partial charge in [-0.2, -0.15) is 0 Å². The van der Waals surface area contributed by atoms with E-state index in [4.69, 9.17) is 16.3 Å². The van der Waals surface area contributed by atoms with Crippen molar-refractivity contribution in [3.05, 3.63) is 62.5 Å². The van der Waals surface area contributed by atoms with Crippen molar-refractivity contribution in [2.45, 2.75) is 31.4 Å². The van der Waals surface area contributed by atoms with Gasteiger partial charge in [-0.15, -0.1) is 11.3 Å². The Morgan fingerprint density at radius 3 is 2.88 bits per heavy atom. The molecule has 34 heavy (non-hydrogen) atoms. The number of nitrogens with zero attached hydrogens (tertiary/aromatic N) is 3. The van der Waals surface area contributed by atoms with E-state index in [9.17, 15) is 23.1 Å². The highest BCUT2D eigenvalue weighted by Crippen LogP contribution is 2.37. The molecule has 0 amide bonds. The minimum absolute atomic E-state index is 0.0583. The molecule has 4 rings (SSSR count). The number of carbonyl (C=O) groups is 1. The predicted octanol–water partition coefficient (Wildman–Crippen LogP) is 3.55. The Bertz CT molecular complexity index is 1130. The van der Waals surface area contributed by atoms with E-state index < -0.39 is 36.4 Å². The second-order valence-corrected chi connectivity index (χ2v) is 9.20. The summed E-state index contributed by atoms with van der Waals surface area (Å²) in [5.41, 5.74) is 0.750. The Kier molecular flexibility index (Phi) is 7.27. The van der Waals surface area contributed by atoms with Gasteiger partial charge in [-0.25, -0.2) is 22.9 Å². The molecule has 0 bridgehead atoms. The quantitative estimate of drug-likeness (QED) is 0.573. The van der Waals surface area contributed by atoms with E-state index in [1.54, 1.807) is 18.5 Å². The zero-order valence-electron chi connectivity index (χ0n) is 18.1. The first-order chi connectivity index (χ1) is 16.2. The molecular weight excluding hydrogens is 493 g/mol. The van der Waals surface area contributed by atoms with Gasteiger partial charge in [0.1, 0.15) is 18.0 Å². The molecule has 0 saturated carbocycles. The van der Waals surface area contributed by atoms with Gasteiger partial charge in [0.15, 0.2) is 10.8 Å². The normalized spacial score (nSPS) is 22.8. The number of aromatic nitrogens is 1. The van der Waals surface area contributed by atoms with Crippen LogP contribution >= 0.6 is 22.9 Å². The fourth-order valence-corrected chi connectivity index (χ4v) is 4.78. The number of aliphatic imine (C=N–C) groups is 1. The van der Waals surface area contributed by atoms with Crippen LogP contribution in [0, 0.1) is 5.82 Å². The number of thiazole rings is 1. The lowest BCUT2D eigenvalue weighted by molar-refractivity contribution is -0.148. The lowest BCUT2D eigenvalue weighted by Crippen LogP contribution is -2.53. The van der Waals surface area contributed by atoms with E-state index in [2.05, 4.69) is 15.3 Å². The zero-order valence-corrected chi connectivity index (χ0v) is 19.7. The minimum Gasteiger partial charge on any atom is -0.463 e. The Hall–Kier alpha value is -2.47. The van der Waals surface area contributed by atoms with Crippen LogP contribution in [0.1, 0.15) is 30.0 Å². The molecule has 1 aromatic heterocycles. The van der Waals surface area contributed by atoms with Crippen LogP contribution in [0.15, 0.2) is 46.0 Å². The van der Waals surface area contributed by atoms with Gasteiger partial charge < -0.3 is 15.2 Å². The van der Waals surface area contributed by atoms with E-state index in [1.165, 1.54) is 28.4 Å². The molecule has 12 heteroatoms. The van der Waals surface area contributed by atoms with Crippen molar-refractivity contribution < 1.29 is 27.8 Å². The first-order valence-electron chi connectivity index (χ1n) is 10.6. The summed E-state index contributed by atoms with van der Waals surface area (Å²) in [5, 5.41) is 15.0. The van der Waals surface area contributed by atoms with Gasteiger partial charge in [-0.1, -0.05) is 17.7 Å². The van der Waals surface area contributed by atoms with Gasteiger partial charge >= 0.3 is 5.97 Å². The highest BCUT2D eigenvalue weighted by molar-refractivity contribution is 7.11. The highest BCUT2D eigenvalue weighted by atomic mass is 35.5. The summed E-state index contributed by atoms with van der Waals surface area (Å²) in [4.78, 5) is 23.4. The minimum atomic E-state index is -3.29. The Morgan fingerprint density at radius 2 is 2.24 bits per heavy atom. The van der Waals surface area contributed by atoms with Crippen LogP contribution in [0.4, 0.5) is 13.2 Å². The van der Waals surface area contributed by atoms with Gasteiger partial charge in [0, 0.05) is 40.9 Å². The summed E-state index contributed by atoms with van der Waals surface area (Å²) >= 11 is 7.62. The molecule has 0 radical (unpaired) electrons. The summed E-state index contributed by atoms with van der Waals surface area (Å²) in [5.74, 6) is -4.21. The third kappa shape index (κ3) is 5.12. The van der Waals surface area contributed by atoms with Gasteiger partial charge in [-0.05, 0) is 25.5 Å². The topological polar surface area (TPSA) is 87.0 Å². The summed E-state index contributed by atoms with van der Waals surface area (Å²) in [6.07, 6.45) is -0.254. The third-order valence-corrected chi connectivity index (χ3v) is 6.64. The number of likely N-dealkylation sites (tertiary alicyclic amines) is 1. The van der Waals surface area contributed by atoms with Crippen LogP contribution in [-0.2, 0) is 9.53 Å². The molecule has 2 aromatic rings. The number of hydrogen-bond acceptors (Lipinski definition) is 8. The van der Waals surface area contributed by atoms with Gasteiger partial charge in [0.25, 0.3) is 5.92 Å². The molecule has 2 aliphatic rings. The molecule has 7 nitrogen and oxygen atoms in total. The van der Waals surface area contributed by atoms with E-state index in [0.29, 0.717) is 22.1 Å². The van der Waals surface area contributed by atoms with Crippen molar-refractivity contribution in [1.82, 2.24) is 15.2 Å². The van der Waals surface area contributed by atoms with Gasteiger partial charge in [0.2, 0.25) is 0 Å². The summed E-state index contributed by atoms with van der Waals surface area (Å²) in [7, 11) is 0. The number of amidine groups is 1. The molecule has 2 N–H and O–H groups in total. The fraction of sp³-hybridized carbons (Fsp3) is 0.409. The SMILES string of the molecule is CCOC(=O)C1=C(CN2CCC(O)C(F)(F)C2)NC(c2nccs2)=N[C@H]1c1ccc(F)cc1Cl. The molecule has 3 heterocycles. The van der Waals surface area contributed by atoms with Crippen molar-refractivity contribution >= 4 is 34.7 Å². The van der Waals surface area contributed by atoms with E-state index >= 15 is 0 Å². The number of halogens is 4. The maximum absolute atomic E-state index is 14.2. The van der Waals surface area contributed by atoms with Gasteiger partial charge in [0.05, 0.1) is 18.7 Å². The van der Waals surface area contributed by atoms with Crippen LogP contribution in [0.5, 0.6) is 0 Å². The smallest absolute Gasteiger partial charge is 0.338 e. The number of aliphatic hydroxyl groups is 1. The third-order valence-electron chi connectivity index (χ3n) is 5.54. The number of nitrogens with one attached hydrogen (secondary N) is 1. The van der Waals surface area contributed by atoms with Crippen molar-refractivity contribution in [2.75, 3.05) is 26.2 Å². The van der Waals surface area contributed by atoms with Crippen LogP contribution in [-0.4, -0.2) is 65.1 Å². The van der Waals surface area contributed by atoms with Crippen LogP contribution < -0.4 is 5.32 Å². The number of aliphatic hydroxyl groups excluding tert-OH is 1. The number of ether oxygens (including phenoxy) is 1. The number of alkyl halides is 2. The Morgan fingerprint density at radius 1 is 1.44 bits per heavy atom. The first-order valence-corrected chi connectivity index (χ1v) is 11.8. The summed E-state index contributed by atoms with van der Waals surface area (Å²) in [6.45, 7) is 1.18. The largest absolute Gasteiger partial charge is 0.463 e. The fourth-order valence-electron chi connectivity index (χ4n) is 3.92. The number of piperidine rings is 1. The number of rotatable bonds is 6. The Balaban J connectivity index is 1.80. The highest BCUT2D eigenvalue weighted by Gasteiger charge is 2.44. The molecule has 1 aromatic carbocycles. The maximum atomic E-state index is 14.2. The first kappa shape index (κ1) is 24.6. The average molecular weight is 515 g/mol. The van der Waals surface area contributed by atoms with Crippen molar-refractivity contribution in [3.63, 3.8) is 0 Å². The van der Waals surface area contributed by atoms with E-state index in [0.717, 1.165) is 6.07 Å². The van der Waals surface area contributed by atoms with Crippen molar-refractivity contribution in [1.29, 1.82) is 0 Å². The van der Waals surface area contributed by atoms with Crippen LogP contribution in [0.2, 0.25) is 5.02 Å². The molecule has 1 saturated heterocycles. The standard InChI is InChI=1S/C22H22ClF3N4O3S/c1-2-33-21(32)17-15(10-30-7-5-16(31)22(25,26)11-30)28-19(20-27-6-8-34-20)29-18(17)13-4-3-12(24)9-14(13)23/h3-4,6,8-9,16,18,31H,2,5,7,10-11H2,1H3,(H,28,29)/t16?,18-/m0/s1. The number of benzene rings is 1. The molecule has 2 atom stereocenters. The molecule has 1 unspecified atom stereocenters. The molecule has 0 spiro atoms. The van der Waals surface area contributed by atoms with Crippen molar-refractivity contribution in [3.8, 4) is 0 Å². The van der Waals surface area contributed by atoms with E-state index in [1.807, 2.05) is 0 Å². The molecule has 0 aliphatic carbocycles. The van der Waals surface area contributed by atoms with E-state index in [-0.39, 0.29) is 36.7 Å².